The monoisotopic (exact) mass is 382 g/mol. The minimum atomic E-state index is -0.730. The van der Waals surface area contributed by atoms with Gasteiger partial charge in [-0.3, -0.25) is 4.90 Å². The molecule has 0 unspecified atom stereocenters. The lowest BCUT2D eigenvalue weighted by Gasteiger charge is -2.36. The van der Waals surface area contributed by atoms with Gasteiger partial charge in [-0.2, -0.15) is 0 Å². The molecule has 0 aromatic heterocycles. The van der Waals surface area contributed by atoms with E-state index in [9.17, 15) is 13.6 Å². The summed E-state index contributed by atoms with van der Waals surface area (Å²) in [5.74, 6) is -0.672. The number of carbonyl (C=O) groups is 1. The summed E-state index contributed by atoms with van der Waals surface area (Å²) in [7, 11) is 0. The largest absolute Gasteiger partial charge is 0.483 e. The molecule has 0 saturated carbocycles. The summed E-state index contributed by atoms with van der Waals surface area (Å²) in [6, 6.07) is 1.97. The van der Waals surface area contributed by atoms with Crippen molar-refractivity contribution in [2.24, 2.45) is 5.92 Å². The van der Waals surface area contributed by atoms with E-state index in [4.69, 9.17) is 14.2 Å². The molecule has 0 radical (unpaired) electrons. The SMILES string of the molecule is O=C1OCCN1CCC1CCN(C[C@H]2COc3c(F)cc(F)cc3O2)CC1. The number of halogens is 2. The van der Waals surface area contributed by atoms with Crippen molar-refractivity contribution in [2.75, 3.05) is 45.9 Å². The zero-order chi connectivity index (χ0) is 18.8. The van der Waals surface area contributed by atoms with Crippen molar-refractivity contribution in [3.8, 4) is 11.5 Å². The van der Waals surface area contributed by atoms with Gasteiger partial charge in [-0.25, -0.2) is 13.6 Å². The summed E-state index contributed by atoms with van der Waals surface area (Å²) in [5, 5.41) is 0. The fourth-order valence-corrected chi connectivity index (χ4v) is 3.96. The number of hydrogen-bond acceptors (Lipinski definition) is 5. The third-order valence-corrected chi connectivity index (χ3v) is 5.50. The second kappa shape index (κ2) is 7.88. The van der Waals surface area contributed by atoms with Crippen LogP contribution in [0.2, 0.25) is 0 Å². The highest BCUT2D eigenvalue weighted by Gasteiger charge is 2.29. The van der Waals surface area contributed by atoms with Gasteiger partial charge in [0.25, 0.3) is 0 Å². The number of fused-ring (bicyclic) bond motifs is 1. The Morgan fingerprint density at radius 2 is 1.93 bits per heavy atom. The Bertz CT molecular complexity index is 695. The fourth-order valence-electron chi connectivity index (χ4n) is 3.96. The van der Waals surface area contributed by atoms with Crippen molar-refractivity contribution in [1.29, 1.82) is 0 Å². The minimum absolute atomic E-state index is 0.00759. The van der Waals surface area contributed by atoms with Crippen LogP contribution in [0.5, 0.6) is 11.5 Å². The first-order valence-electron chi connectivity index (χ1n) is 9.51. The topological polar surface area (TPSA) is 51.2 Å². The molecule has 0 spiro atoms. The Balaban J connectivity index is 1.22. The molecule has 0 bridgehead atoms. The quantitative estimate of drug-likeness (QED) is 0.784. The molecule has 2 fully saturated rings. The highest BCUT2D eigenvalue weighted by Crippen LogP contribution is 2.35. The molecule has 3 aliphatic heterocycles. The summed E-state index contributed by atoms with van der Waals surface area (Å²) in [4.78, 5) is 15.5. The number of benzene rings is 1. The molecule has 1 atom stereocenters. The second-order valence-corrected chi connectivity index (χ2v) is 7.40. The van der Waals surface area contributed by atoms with Crippen LogP contribution < -0.4 is 9.47 Å². The zero-order valence-corrected chi connectivity index (χ0v) is 15.2. The Labute approximate surface area is 157 Å². The van der Waals surface area contributed by atoms with Crippen LogP contribution in [0.15, 0.2) is 12.1 Å². The van der Waals surface area contributed by atoms with E-state index >= 15 is 0 Å². The average Bonchev–Trinajstić information content (AvgIpc) is 3.05. The van der Waals surface area contributed by atoms with Gasteiger partial charge in [-0.1, -0.05) is 0 Å². The van der Waals surface area contributed by atoms with Crippen LogP contribution in [0.4, 0.5) is 13.6 Å². The van der Waals surface area contributed by atoms with E-state index in [0.717, 1.165) is 45.0 Å². The van der Waals surface area contributed by atoms with Crippen molar-refractivity contribution >= 4 is 6.09 Å². The van der Waals surface area contributed by atoms with Crippen LogP contribution in [0.3, 0.4) is 0 Å². The number of carbonyl (C=O) groups excluding carboxylic acids is 1. The second-order valence-electron chi connectivity index (χ2n) is 7.40. The predicted molar refractivity (Wildman–Crippen MR) is 93.0 cm³/mol. The van der Waals surface area contributed by atoms with Crippen molar-refractivity contribution in [2.45, 2.75) is 25.4 Å². The zero-order valence-electron chi connectivity index (χ0n) is 15.2. The van der Waals surface area contributed by atoms with Gasteiger partial charge in [0.05, 0.1) is 6.54 Å². The molecule has 27 heavy (non-hydrogen) atoms. The molecule has 1 aromatic rings. The van der Waals surface area contributed by atoms with Crippen LogP contribution in [0.25, 0.3) is 0 Å². The van der Waals surface area contributed by atoms with Crippen LogP contribution in [-0.4, -0.2) is 67.9 Å². The third kappa shape index (κ3) is 4.26. The first kappa shape index (κ1) is 18.3. The smallest absolute Gasteiger partial charge is 0.409 e. The number of likely N-dealkylation sites (tertiary alicyclic amines) is 1. The number of cyclic esters (lactones) is 1. The number of amides is 1. The summed E-state index contributed by atoms with van der Waals surface area (Å²) in [5.41, 5.74) is 0. The number of hydrogen-bond donors (Lipinski definition) is 0. The van der Waals surface area contributed by atoms with Gasteiger partial charge in [0.15, 0.2) is 17.3 Å². The van der Waals surface area contributed by atoms with Crippen LogP contribution in [0, 0.1) is 17.6 Å². The average molecular weight is 382 g/mol. The van der Waals surface area contributed by atoms with Gasteiger partial charge >= 0.3 is 6.09 Å². The Morgan fingerprint density at radius 1 is 1.11 bits per heavy atom. The van der Waals surface area contributed by atoms with E-state index in [0.29, 0.717) is 25.6 Å². The number of piperidine rings is 1. The molecule has 0 aliphatic carbocycles. The van der Waals surface area contributed by atoms with E-state index in [2.05, 4.69) is 4.90 Å². The number of ether oxygens (including phenoxy) is 3. The summed E-state index contributed by atoms with van der Waals surface area (Å²) in [6.45, 7) is 4.77. The lowest BCUT2D eigenvalue weighted by Crippen LogP contribution is -2.44. The van der Waals surface area contributed by atoms with Gasteiger partial charge in [0.2, 0.25) is 0 Å². The molecule has 0 N–H and O–H groups in total. The van der Waals surface area contributed by atoms with Gasteiger partial charge in [0.1, 0.15) is 25.1 Å². The van der Waals surface area contributed by atoms with Crippen molar-refractivity contribution in [3.63, 3.8) is 0 Å². The molecular formula is C19H24F2N2O4. The lowest BCUT2D eigenvalue weighted by molar-refractivity contribution is 0.0439. The van der Waals surface area contributed by atoms with Crippen LogP contribution in [-0.2, 0) is 4.74 Å². The van der Waals surface area contributed by atoms with Gasteiger partial charge < -0.3 is 19.1 Å². The van der Waals surface area contributed by atoms with Crippen LogP contribution >= 0.6 is 0 Å². The Kier molecular flexibility index (Phi) is 5.33. The molecule has 1 aromatic carbocycles. The van der Waals surface area contributed by atoms with Crippen molar-refractivity contribution in [1.82, 2.24) is 9.80 Å². The fraction of sp³-hybridized carbons (Fsp3) is 0.632. The maximum Gasteiger partial charge on any atom is 0.409 e. The highest BCUT2D eigenvalue weighted by molar-refractivity contribution is 5.69. The van der Waals surface area contributed by atoms with Gasteiger partial charge in [-0.05, 0) is 38.3 Å². The summed E-state index contributed by atoms with van der Waals surface area (Å²) in [6.07, 6.45) is 2.69. The Morgan fingerprint density at radius 3 is 2.67 bits per heavy atom. The molecule has 6 nitrogen and oxygen atoms in total. The van der Waals surface area contributed by atoms with E-state index in [1.807, 2.05) is 0 Å². The number of nitrogens with zero attached hydrogens (tertiary/aromatic N) is 2. The summed E-state index contributed by atoms with van der Waals surface area (Å²) < 4.78 is 43.2. The highest BCUT2D eigenvalue weighted by atomic mass is 19.1. The molecule has 3 heterocycles. The minimum Gasteiger partial charge on any atom is -0.483 e. The molecule has 3 aliphatic rings. The standard InChI is InChI=1S/C19H24F2N2O4/c20-14-9-16(21)18-17(10-14)27-15(12-26-18)11-22-4-1-13(2-5-22)3-6-23-7-8-25-19(23)24/h9-10,13,15H,1-8,11-12H2/t15-/m0/s1. The lowest BCUT2D eigenvalue weighted by atomic mass is 9.93. The normalized spacial score (nSPS) is 23.6. The molecule has 2 saturated heterocycles. The van der Waals surface area contributed by atoms with E-state index in [1.165, 1.54) is 6.07 Å². The predicted octanol–water partition coefficient (Wildman–Crippen LogP) is 2.66. The van der Waals surface area contributed by atoms with E-state index in [1.54, 1.807) is 4.90 Å². The summed E-state index contributed by atoms with van der Waals surface area (Å²) >= 11 is 0. The number of rotatable bonds is 5. The van der Waals surface area contributed by atoms with Crippen LogP contribution in [0.1, 0.15) is 19.3 Å². The molecular weight excluding hydrogens is 358 g/mol. The first-order valence-corrected chi connectivity index (χ1v) is 9.51. The first-order chi connectivity index (χ1) is 13.1. The maximum absolute atomic E-state index is 13.7. The van der Waals surface area contributed by atoms with E-state index < -0.39 is 11.6 Å². The Hall–Kier alpha value is -2.09. The van der Waals surface area contributed by atoms with Crippen molar-refractivity contribution < 1.29 is 27.8 Å². The third-order valence-electron chi connectivity index (χ3n) is 5.50. The molecule has 148 valence electrons. The van der Waals surface area contributed by atoms with Crippen molar-refractivity contribution in [3.05, 3.63) is 23.8 Å². The van der Waals surface area contributed by atoms with E-state index in [-0.39, 0.29) is 30.3 Å². The molecule has 1 amide bonds. The maximum atomic E-state index is 13.7. The molecule has 4 rings (SSSR count). The van der Waals surface area contributed by atoms with Gasteiger partial charge in [0, 0.05) is 25.2 Å². The van der Waals surface area contributed by atoms with Gasteiger partial charge in [-0.15, -0.1) is 0 Å². The molecule has 8 heteroatoms.